The van der Waals surface area contributed by atoms with Crippen molar-refractivity contribution in [1.82, 2.24) is 0 Å². The van der Waals surface area contributed by atoms with Crippen LogP contribution in [0.4, 0.5) is 0 Å². The molecule has 0 bridgehead atoms. The molecule has 0 aliphatic carbocycles. The van der Waals surface area contributed by atoms with Gasteiger partial charge in [-0.2, -0.15) is 0 Å². The Hall–Kier alpha value is -4.61. The predicted molar refractivity (Wildman–Crippen MR) is 187 cm³/mol. The lowest BCUT2D eigenvalue weighted by Gasteiger charge is -2.32. The van der Waals surface area contributed by atoms with E-state index in [0.717, 1.165) is 5.56 Å². The maximum absolute atomic E-state index is 12.3. The van der Waals surface area contributed by atoms with E-state index in [4.69, 9.17) is 33.2 Å². The first kappa shape index (κ1) is 42.8. The van der Waals surface area contributed by atoms with Gasteiger partial charge in [0.05, 0.1) is 56.3 Å². The Bertz CT molecular complexity index is 1450. The second kappa shape index (κ2) is 22.5. The fourth-order valence-corrected chi connectivity index (χ4v) is 4.55. The molecule has 4 unspecified atom stereocenters. The lowest BCUT2D eigenvalue weighted by molar-refractivity contribution is -0.138. The number of aliphatic hydroxyl groups excluding tert-OH is 3. The second-order valence-electron chi connectivity index (χ2n) is 12.4. The molecule has 53 heavy (non-hydrogen) atoms. The molecule has 4 atom stereocenters. The maximum Gasteiger partial charge on any atom is 0.338 e. The van der Waals surface area contributed by atoms with E-state index in [-0.39, 0.29) is 88.9 Å². The average molecular weight is 745 g/mol. The normalized spacial score (nSPS) is 14.1. The zero-order valence-corrected chi connectivity index (χ0v) is 29.8. The summed E-state index contributed by atoms with van der Waals surface area (Å²) in [7, 11) is 0. The summed E-state index contributed by atoms with van der Waals surface area (Å²) in [6, 6.07) is 17.7. The smallest absolute Gasteiger partial charge is 0.338 e. The van der Waals surface area contributed by atoms with Crippen LogP contribution in [-0.2, 0) is 33.2 Å². The van der Waals surface area contributed by atoms with Gasteiger partial charge in [-0.1, -0.05) is 24.6 Å². The molecular formula is C38H48O15. The Morgan fingerprint density at radius 2 is 0.868 bits per heavy atom. The highest BCUT2D eigenvalue weighted by Crippen LogP contribution is 2.25. The standard InChI is InChI=1S/C38H48O15/c1-3-38(22-47-16-32(41)19-51-35(44)27-6-4-26(2)5-7-27,23-48-17-33(42)20-52-36(45)28-8-12-30(39)13-9-28)24-50-25-49-18-34(43)21-53-37(46)29-10-14-31(40)15-11-29/h4-15,32-34,39-43H,3,16-25H2,1-2H3. The van der Waals surface area contributed by atoms with Crippen LogP contribution in [0.1, 0.15) is 50.0 Å². The first-order valence-electron chi connectivity index (χ1n) is 16.9. The van der Waals surface area contributed by atoms with Gasteiger partial charge in [-0.3, -0.25) is 0 Å². The summed E-state index contributed by atoms with van der Waals surface area (Å²) in [5, 5.41) is 49.7. The Morgan fingerprint density at radius 1 is 0.528 bits per heavy atom. The van der Waals surface area contributed by atoms with Crippen LogP contribution in [0, 0.1) is 12.3 Å². The number of aryl methyl sites for hydroxylation is 1. The van der Waals surface area contributed by atoms with Gasteiger partial charge in [-0.15, -0.1) is 0 Å². The SMILES string of the molecule is CCC(COCOCC(O)COC(=O)c1ccc(O)cc1)(COCC(O)COC(=O)c1ccc(C)cc1)COCC(O)COC(=O)c1ccc(O)cc1. The topological polar surface area (TPSA) is 217 Å². The minimum atomic E-state index is -1.16. The molecule has 0 heterocycles. The second-order valence-corrected chi connectivity index (χ2v) is 12.4. The van der Waals surface area contributed by atoms with Gasteiger partial charge < -0.3 is 58.7 Å². The van der Waals surface area contributed by atoms with Crippen molar-refractivity contribution < 1.29 is 73.1 Å². The molecule has 3 aromatic rings. The predicted octanol–water partition coefficient (Wildman–Crippen LogP) is 2.78. The molecule has 3 rings (SSSR count). The number of phenols is 2. The van der Waals surface area contributed by atoms with Crippen LogP contribution in [0.3, 0.4) is 0 Å². The van der Waals surface area contributed by atoms with E-state index in [1.165, 1.54) is 48.5 Å². The van der Waals surface area contributed by atoms with Crippen molar-refractivity contribution in [3.63, 3.8) is 0 Å². The van der Waals surface area contributed by atoms with E-state index in [0.29, 0.717) is 12.0 Å². The van der Waals surface area contributed by atoms with Gasteiger partial charge in [-0.05, 0) is 74.0 Å². The molecule has 3 aromatic carbocycles. The lowest BCUT2D eigenvalue weighted by Crippen LogP contribution is -2.39. The number of rotatable bonds is 24. The van der Waals surface area contributed by atoms with Crippen LogP contribution in [0.5, 0.6) is 11.5 Å². The highest BCUT2D eigenvalue weighted by atomic mass is 16.7. The highest BCUT2D eigenvalue weighted by molar-refractivity contribution is 5.90. The molecule has 290 valence electrons. The van der Waals surface area contributed by atoms with Crippen LogP contribution >= 0.6 is 0 Å². The molecule has 0 aromatic heterocycles. The van der Waals surface area contributed by atoms with Gasteiger partial charge in [0.1, 0.15) is 56.4 Å². The maximum atomic E-state index is 12.3. The van der Waals surface area contributed by atoms with Crippen LogP contribution in [-0.4, -0.2) is 128 Å². The summed E-state index contributed by atoms with van der Waals surface area (Å²) < 4.78 is 38.1. The Labute approximate surface area is 307 Å². The number of ether oxygens (including phenoxy) is 7. The minimum Gasteiger partial charge on any atom is -0.508 e. The van der Waals surface area contributed by atoms with E-state index in [1.54, 1.807) is 24.3 Å². The van der Waals surface area contributed by atoms with E-state index in [2.05, 4.69) is 0 Å². The molecule has 0 fully saturated rings. The molecular weight excluding hydrogens is 696 g/mol. The number of carbonyl (C=O) groups is 3. The van der Waals surface area contributed by atoms with Crippen molar-refractivity contribution in [2.24, 2.45) is 5.41 Å². The summed E-state index contributed by atoms with van der Waals surface area (Å²) in [5.41, 5.74) is 0.929. The third-order valence-corrected chi connectivity index (χ3v) is 7.79. The van der Waals surface area contributed by atoms with Crippen LogP contribution in [0.25, 0.3) is 0 Å². The van der Waals surface area contributed by atoms with Crippen LogP contribution < -0.4 is 0 Å². The van der Waals surface area contributed by atoms with Crippen molar-refractivity contribution in [2.75, 3.05) is 66.3 Å². The van der Waals surface area contributed by atoms with Crippen LogP contribution in [0.2, 0.25) is 0 Å². The van der Waals surface area contributed by atoms with Crippen molar-refractivity contribution in [1.29, 1.82) is 0 Å². The van der Waals surface area contributed by atoms with E-state index in [9.17, 15) is 39.9 Å². The molecule has 5 N–H and O–H groups in total. The van der Waals surface area contributed by atoms with Gasteiger partial charge in [0.15, 0.2) is 0 Å². The molecule has 0 saturated carbocycles. The third kappa shape index (κ3) is 15.9. The number of carbonyl (C=O) groups excluding carboxylic acids is 3. The molecule has 0 aliphatic rings. The van der Waals surface area contributed by atoms with Crippen molar-refractivity contribution >= 4 is 17.9 Å². The first-order chi connectivity index (χ1) is 25.4. The molecule has 15 heteroatoms. The monoisotopic (exact) mass is 744 g/mol. The Balaban J connectivity index is 1.46. The van der Waals surface area contributed by atoms with Gasteiger partial charge >= 0.3 is 17.9 Å². The average Bonchev–Trinajstić information content (AvgIpc) is 3.15. The molecule has 0 aliphatic heterocycles. The van der Waals surface area contributed by atoms with Gasteiger partial charge in [-0.25, -0.2) is 14.4 Å². The first-order valence-corrected chi connectivity index (χ1v) is 16.9. The van der Waals surface area contributed by atoms with E-state index in [1.807, 2.05) is 13.8 Å². The van der Waals surface area contributed by atoms with Gasteiger partial charge in [0.2, 0.25) is 0 Å². The number of hydrogen-bond donors (Lipinski definition) is 5. The summed E-state index contributed by atoms with van der Waals surface area (Å²) in [6.07, 6.45) is -2.98. The zero-order valence-electron chi connectivity index (χ0n) is 29.8. The third-order valence-electron chi connectivity index (χ3n) is 7.79. The number of aromatic hydroxyl groups is 2. The number of benzene rings is 3. The molecule has 0 saturated heterocycles. The fourth-order valence-electron chi connectivity index (χ4n) is 4.55. The van der Waals surface area contributed by atoms with Crippen molar-refractivity contribution in [2.45, 2.75) is 38.6 Å². The Kier molecular flexibility index (Phi) is 18.1. The zero-order chi connectivity index (χ0) is 38.6. The Morgan fingerprint density at radius 3 is 1.25 bits per heavy atom. The lowest BCUT2D eigenvalue weighted by atomic mass is 9.88. The molecule has 15 nitrogen and oxygen atoms in total. The summed E-state index contributed by atoms with van der Waals surface area (Å²) in [4.78, 5) is 36.7. The van der Waals surface area contributed by atoms with E-state index < -0.39 is 41.6 Å². The van der Waals surface area contributed by atoms with Gasteiger partial charge in [0.25, 0.3) is 0 Å². The molecule has 0 amide bonds. The molecule has 0 spiro atoms. The number of aliphatic hydroxyl groups is 3. The van der Waals surface area contributed by atoms with Crippen molar-refractivity contribution in [3.05, 3.63) is 95.1 Å². The minimum absolute atomic E-state index is 0.00211. The molecule has 0 radical (unpaired) electrons. The van der Waals surface area contributed by atoms with Crippen LogP contribution in [0.15, 0.2) is 72.8 Å². The van der Waals surface area contributed by atoms with E-state index >= 15 is 0 Å². The largest absolute Gasteiger partial charge is 0.508 e. The number of esters is 3. The quantitative estimate of drug-likeness (QED) is 0.0386. The van der Waals surface area contributed by atoms with Crippen molar-refractivity contribution in [3.8, 4) is 11.5 Å². The number of hydrogen-bond acceptors (Lipinski definition) is 15. The van der Waals surface area contributed by atoms with Gasteiger partial charge in [0, 0.05) is 5.41 Å². The number of phenolic OH excluding ortho intramolecular Hbond substituents is 2. The summed E-state index contributed by atoms with van der Waals surface area (Å²) in [6.45, 7) is 1.99. The summed E-state index contributed by atoms with van der Waals surface area (Å²) >= 11 is 0. The fraction of sp³-hybridized carbons (Fsp3) is 0.447. The highest BCUT2D eigenvalue weighted by Gasteiger charge is 2.31. The summed E-state index contributed by atoms with van der Waals surface area (Å²) in [5.74, 6) is -1.95.